The van der Waals surface area contributed by atoms with E-state index >= 15 is 0 Å². The Labute approximate surface area is 93.7 Å². The fourth-order valence-electron chi connectivity index (χ4n) is 1.18. The minimum absolute atomic E-state index is 0.145. The molecule has 0 aliphatic heterocycles. The average Bonchev–Trinajstić information content (AvgIpc) is 2.31. The number of rotatable bonds is 4. The van der Waals surface area contributed by atoms with Crippen molar-refractivity contribution in [2.45, 2.75) is 6.92 Å². The Kier molecular flexibility index (Phi) is 4.27. The summed E-state index contributed by atoms with van der Waals surface area (Å²) in [5, 5.41) is 16.9. The van der Waals surface area contributed by atoms with Crippen molar-refractivity contribution >= 4 is 17.9 Å². The van der Waals surface area contributed by atoms with Gasteiger partial charge < -0.3 is 15.3 Å². The number of carbonyl (C=O) groups excluding carboxylic acids is 1. The lowest BCUT2D eigenvalue weighted by molar-refractivity contribution is -0.137. The van der Waals surface area contributed by atoms with Gasteiger partial charge in [0, 0.05) is 11.8 Å². The summed E-state index contributed by atoms with van der Waals surface area (Å²) < 4.78 is 4.73. The first kappa shape index (κ1) is 12.0. The van der Waals surface area contributed by atoms with Crippen LogP contribution in [0.2, 0.25) is 0 Å². The van der Waals surface area contributed by atoms with Crippen molar-refractivity contribution in [1.29, 1.82) is 5.41 Å². The van der Waals surface area contributed by atoms with Gasteiger partial charge in [0.15, 0.2) is 0 Å². The van der Waals surface area contributed by atoms with Crippen molar-refractivity contribution in [2.75, 3.05) is 6.61 Å². The molecule has 0 atom stereocenters. The highest BCUT2D eigenvalue weighted by Crippen LogP contribution is 2.15. The van der Waals surface area contributed by atoms with E-state index in [-0.39, 0.29) is 17.9 Å². The van der Waals surface area contributed by atoms with Crippen LogP contribution in [0.15, 0.2) is 35.9 Å². The fourth-order valence-corrected chi connectivity index (χ4v) is 1.18. The maximum atomic E-state index is 11.4. The highest BCUT2D eigenvalue weighted by molar-refractivity contribution is 6.14. The normalized spacial score (nSPS) is 11.6. The van der Waals surface area contributed by atoms with Gasteiger partial charge in [-0.1, -0.05) is 30.3 Å². The minimum Gasteiger partial charge on any atom is -0.506 e. The van der Waals surface area contributed by atoms with E-state index in [1.165, 1.54) is 0 Å². The average molecular weight is 219 g/mol. The van der Waals surface area contributed by atoms with Gasteiger partial charge in [-0.05, 0) is 6.92 Å². The predicted octanol–water partition coefficient (Wildman–Crippen LogP) is 2.17. The highest BCUT2D eigenvalue weighted by atomic mass is 16.5. The van der Waals surface area contributed by atoms with E-state index in [0.717, 1.165) is 6.21 Å². The number of hydrogen-bond acceptors (Lipinski definition) is 4. The van der Waals surface area contributed by atoms with Gasteiger partial charge in [-0.15, -0.1) is 0 Å². The van der Waals surface area contributed by atoms with E-state index < -0.39 is 5.97 Å². The lowest BCUT2D eigenvalue weighted by Gasteiger charge is -2.05. The lowest BCUT2D eigenvalue weighted by Crippen LogP contribution is -2.10. The first-order chi connectivity index (χ1) is 7.70. The highest BCUT2D eigenvalue weighted by Gasteiger charge is 2.14. The molecule has 16 heavy (non-hydrogen) atoms. The molecule has 1 aromatic carbocycles. The van der Waals surface area contributed by atoms with Gasteiger partial charge in [0.25, 0.3) is 0 Å². The van der Waals surface area contributed by atoms with Crippen molar-refractivity contribution in [1.82, 2.24) is 0 Å². The molecule has 0 aromatic heterocycles. The van der Waals surface area contributed by atoms with Crippen LogP contribution in [0.3, 0.4) is 0 Å². The summed E-state index contributed by atoms with van der Waals surface area (Å²) in [7, 11) is 0. The zero-order chi connectivity index (χ0) is 12.0. The third kappa shape index (κ3) is 2.70. The third-order valence-electron chi connectivity index (χ3n) is 1.94. The first-order valence-electron chi connectivity index (χ1n) is 4.87. The maximum absolute atomic E-state index is 11.4. The minimum atomic E-state index is -0.696. The molecule has 0 radical (unpaired) electrons. The molecule has 0 bridgehead atoms. The SMILES string of the molecule is CCOC(=O)/C(C=N)=C(\O)c1ccccc1. The van der Waals surface area contributed by atoms with Crippen LogP contribution in [-0.2, 0) is 9.53 Å². The van der Waals surface area contributed by atoms with Crippen LogP contribution in [0.1, 0.15) is 12.5 Å². The van der Waals surface area contributed by atoms with E-state index in [4.69, 9.17) is 10.1 Å². The molecule has 0 fully saturated rings. The van der Waals surface area contributed by atoms with Crippen molar-refractivity contribution in [3.8, 4) is 0 Å². The smallest absolute Gasteiger partial charge is 0.343 e. The topological polar surface area (TPSA) is 70.4 Å². The molecule has 0 unspecified atom stereocenters. The van der Waals surface area contributed by atoms with Gasteiger partial charge in [0.05, 0.1) is 6.61 Å². The number of ether oxygens (including phenoxy) is 1. The van der Waals surface area contributed by atoms with Gasteiger partial charge in [0.2, 0.25) is 0 Å². The number of aliphatic hydroxyl groups excluding tert-OH is 1. The summed E-state index contributed by atoms with van der Waals surface area (Å²) in [6, 6.07) is 8.57. The van der Waals surface area contributed by atoms with Crippen molar-refractivity contribution in [3.05, 3.63) is 41.5 Å². The van der Waals surface area contributed by atoms with E-state index in [9.17, 15) is 9.90 Å². The van der Waals surface area contributed by atoms with Crippen LogP contribution >= 0.6 is 0 Å². The molecule has 0 saturated heterocycles. The van der Waals surface area contributed by atoms with E-state index in [0.29, 0.717) is 5.56 Å². The number of hydrogen-bond donors (Lipinski definition) is 2. The second-order valence-corrected chi connectivity index (χ2v) is 2.99. The fraction of sp³-hybridized carbons (Fsp3) is 0.167. The summed E-state index contributed by atoms with van der Waals surface area (Å²) in [5.41, 5.74) is 0.335. The molecule has 0 saturated carbocycles. The van der Waals surface area contributed by atoms with Gasteiger partial charge in [-0.2, -0.15) is 0 Å². The second-order valence-electron chi connectivity index (χ2n) is 2.99. The lowest BCUT2D eigenvalue weighted by atomic mass is 10.1. The number of benzene rings is 1. The molecule has 4 nitrogen and oxygen atoms in total. The molecule has 84 valence electrons. The van der Waals surface area contributed by atoms with Crippen LogP contribution in [0, 0.1) is 5.41 Å². The number of aliphatic hydroxyl groups is 1. The Bertz CT molecular complexity index is 410. The quantitative estimate of drug-likeness (QED) is 0.353. The second kappa shape index (κ2) is 5.70. The molecule has 1 rings (SSSR count). The molecule has 0 amide bonds. The first-order valence-corrected chi connectivity index (χ1v) is 4.87. The number of esters is 1. The van der Waals surface area contributed by atoms with Gasteiger partial charge in [0.1, 0.15) is 11.3 Å². The van der Waals surface area contributed by atoms with E-state index in [1.54, 1.807) is 37.3 Å². The van der Waals surface area contributed by atoms with Crippen LogP contribution in [0.25, 0.3) is 5.76 Å². The molecule has 0 spiro atoms. The molecule has 4 heteroatoms. The summed E-state index contributed by atoms with van der Waals surface area (Å²) in [4.78, 5) is 11.4. The molecular formula is C12H13NO3. The monoisotopic (exact) mass is 219 g/mol. The van der Waals surface area contributed by atoms with Crippen molar-refractivity contribution in [2.24, 2.45) is 0 Å². The summed E-state index contributed by atoms with van der Waals surface area (Å²) in [6.07, 6.45) is 0.792. The number of carbonyl (C=O) groups is 1. The summed E-state index contributed by atoms with van der Waals surface area (Å²) in [6.45, 7) is 1.87. The Balaban J connectivity index is 3.09. The molecule has 0 aliphatic carbocycles. The van der Waals surface area contributed by atoms with Crippen molar-refractivity contribution < 1.29 is 14.6 Å². The standard InChI is InChI=1S/C12H13NO3/c1-2-16-12(15)10(8-13)11(14)9-6-4-3-5-7-9/h3-8,13-14H,2H2,1H3/b11-10-,13-8?. The molecule has 0 heterocycles. The zero-order valence-corrected chi connectivity index (χ0v) is 8.93. The van der Waals surface area contributed by atoms with Crippen LogP contribution in [-0.4, -0.2) is 23.9 Å². The van der Waals surface area contributed by atoms with E-state index in [2.05, 4.69) is 0 Å². The Morgan fingerprint density at radius 3 is 2.56 bits per heavy atom. The van der Waals surface area contributed by atoms with Crippen LogP contribution < -0.4 is 0 Å². The Hall–Kier alpha value is -2.10. The summed E-state index contributed by atoms with van der Waals surface area (Å²) >= 11 is 0. The molecule has 0 aliphatic rings. The van der Waals surface area contributed by atoms with Crippen LogP contribution in [0.4, 0.5) is 0 Å². The van der Waals surface area contributed by atoms with E-state index in [1.807, 2.05) is 0 Å². The third-order valence-corrected chi connectivity index (χ3v) is 1.94. The molecular weight excluding hydrogens is 206 g/mol. The zero-order valence-electron chi connectivity index (χ0n) is 8.93. The maximum Gasteiger partial charge on any atom is 0.343 e. The largest absolute Gasteiger partial charge is 0.506 e. The Morgan fingerprint density at radius 2 is 2.06 bits per heavy atom. The number of nitrogens with one attached hydrogen (secondary N) is 1. The van der Waals surface area contributed by atoms with Gasteiger partial charge in [-0.3, -0.25) is 0 Å². The van der Waals surface area contributed by atoms with Gasteiger partial charge >= 0.3 is 5.97 Å². The predicted molar refractivity (Wildman–Crippen MR) is 61.4 cm³/mol. The van der Waals surface area contributed by atoms with Crippen LogP contribution in [0.5, 0.6) is 0 Å². The molecule has 2 N–H and O–H groups in total. The summed E-state index contributed by atoms with van der Waals surface area (Å²) in [5.74, 6) is -0.937. The Morgan fingerprint density at radius 1 is 1.44 bits per heavy atom. The molecule has 1 aromatic rings. The van der Waals surface area contributed by atoms with Gasteiger partial charge in [-0.25, -0.2) is 4.79 Å². The van der Waals surface area contributed by atoms with Crippen molar-refractivity contribution in [3.63, 3.8) is 0 Å².